The second-order valence-corrected chi connectivity index (χ2v) is 5.94. The molecule has 2 aliphatic heterocycles. The first kappa shape index (κ1) is 16.4. The van der Waals surface area contributed by atoms with Gasteiger partial charge in [0.1, 0.15) is 5.75 Å². The Morgan fingerprint density at radius 1 is 1.43 bits per heavy atom. The molecule has 2 aliphatic rings. The molecule has 0 radical (unpaired) electrons. The van der Waals surface area contributed by atoms with Gasteiger partial charge in [0.15, 0.2) is 5.96 Å². The summed E-state index contributed by atoms with van der Waals surface area (Å²) in [6.07, 6.45) is 2.51. The van der Waals surface area contributed by atoms with Crippen molar-refractivity contribution in [2.24, 2.45) is 16.6 Å². The number of fused-ring (bicyclic) bond motifs is 1. The lowest BCUT2D eigenvalue weighted by Gasteiger charge is -2.31. The number of hydrogen-bond acceptors (Lipinski definition) is 2. The first-order valence-electron chi connectivity index (χ1n) is 7.50. The molecule has 1 aromatic rings. The number of halogens is 1. The monoisotopic (exact) mass is 401 g/mol. The summed E-state index contributed by atoms with van der Waals surface area (Å²) in [5.74, 6) is 2.75. The zero-order valence-electron chi connectivity index (χ0n) is 12.5. The molecular formula is C16H24IN3O. The molecule has 2 N–H and O–H groups in total. The van der Waals surface area contributed by atoms with Crippen LogP contribution in [0.15, 0.2) is 29.3 Å². The lowest BCUT2D eigenvalue weighted by molar-refractivity contribution is 0.270. The van der Waals surface area contributed by atoms with Gasteiger partial charge in [-0.2, -0.15) is 0 Å². The van der Waals surface area contributed by atoms with E-state index in [-0.39, 0.29) is 24.0 Å². The van der Waals surface area contributed by atoms with E-state index in [1.165, 1.54) is 18.4 Å². The Labute approximate surface area is 143 Å². The van der Waals surface area contributed by atoms with Gasteiger partial charge in [0.2, 0.25) is 0 Å². The molecule has 2 atom stereocenters. The van der Waals surface area contributed by atoms with Crippen LogP contribution in [0.1, 0.15) is 31.2 Å². The summed E-state index contributed by atoms with van der Waals surface area (Å²) in [4.78, 5) is 6.82. The standard InChI is InChI=1S/C16H23N3O.HI/c1-12-5-4-8-19(10-12)16(17)18-9-13-11-20-15-7-3-2-6-14(13)15;/h2-3,6-7,12-13H,4-5,8-11H2,1H3,(H2,17,18);1H. The number of para-hydroxylation sites is 1. The van der Waals surface area contributed by atoms with Crippen LogP contribution < -0.4 is 10.5 Å². The average Bonchev–Trinajstić information content (AvgIpc) is 2.88. The number of rotatable bonds is 2. The van der Waals surface area contributed by atoms with E-state index >= 15 is 0 Å². The minimum atomic E-state index is 0. The Morgan fingerprint density at radius 3 is 3.05 bits per heavy atom. The van der Waals surface area contributed by atoms with Crippen LogP contribution in [-0.4, -0.2) is 37.1 Å². The second-order valence-electron chi connectivity index (χ2n) is 5.94. The molecule has 116 valence electrons. The largest absolute Gasteiger partial charge is 0.493 e. The van der Waals surface area contributed by atoms with Crippen LogP contribution in [0.25, 0.3) is 0 Å². The van der Waals surface area contributed by atoms with E-state index in [1.54, 1.807) is 0 Å². The maximum atomic E-state index is 6.14. The van der Waals surface area contributed by atoms with Gasteiger partial charge in [-0.25, -0.2) is 0 Å². The first-order chi connectivity index (χ1) is 9.74. The van der Waals surface area contributed by atoms with Crippen molar-refractivity contribution >= 4 is 29.9 Å². The molecule has 1 aromatic carbocycles. The molecule has 1 fully saturated rings. The minimum absolute atomic E-state index is 0. The highest BCUT2D eigenvalue weighted by Crippen LogP contribution is 2.33. The molecule has 0 spiro atoms. The lowest BCUT2D eigenvalue weighted by atomic mass is 10.0. The van der Waals surface area contributed by atoms with Crippen molar-refractivity contribution in [3.05, 3.63) is 29.8 Å². The Balaban J connectivity index is 0.00000161. The molecule has 2 heterocycles. The molecule has 0 aliphatic carbocycles. The summed E-state index contributed by atoms with van der Waals surface area (Å²) in [6, 6.07) is 8.21. The Bertz CT molecular complexity index is 506. The molecule has 4 nitrogen and oxygen atoms in total. The van der Waals surface area contributed by atoms with Gasteiger partial charge in [-0.15, -0.1) is 24.0 Å². The SMILES string of the molecule is CC1CCCN(C(N)=NCC2COc3ccccc32)C1.I. The molecule has 0 bridgehead atoms. The van der Waals surface area contributed by atoms with E-state index < -0.39 is 0 Å². The first-order valence-corrected chi connectivity index (χ1v) is 7.50. The van der Waals surface area contributed by atoms with Gasteiger partial charge >= 0.3 is 0 Å². The van der Waals surface area contributed by atoms with Crippen LogP contribution in [0, 0.1) is 5.92 Å². The van der Waals surface area contributed by atoms with E-state index in [9.17, 15) is 0 Å². The minimum Gasteiger partial charge on any atom is -0.493 e. The smallest absolute Gasteiger partial charge is 0.191 e. The van der Waals surface area contributed by atoms with Crippen molar-refractivity contribution in [3.8, 4) is 5.75 Å². The lowest BCUT2D eigenvalue weighted by Crippen LogP contribution is -2.43. The normalized spacial score (nSPS) is 25.0. The van der Waals surface area contributed by atoms with Gasteiger partial charge in [-0.3, -0.25) is 4.99 Å². The van der Waals surface area contributed by atoms with Crippen LogP contribution in [0.3, 0.4) is 0 Å². The summed E-state index contributed by atoms with van der Waals surface area (Å²) < 4.78 is 5.68. The van der Waals surface area contributed by atoms with Crippen molar-refractivity contribution in [1.29, 1.82) is 0 Å². The number of nitrogens with zero attached hydrogens (tertiary/aromatic N) is 2. The van der Waals surface area contributed by atoms with Gasteiger partial charge < -0.3 is 15.4 Å². The summed E-state index contributed by atoms with van der Waals surface area (Å²) in [6.45, 7) is 5.78. The van der Waals surface area contributed by atoms with Crippen LogP contribution in [-0.2, 0) is 0 Å². The number of nitrogens with two attached hydrogens (primary N) is 1. The van der Waals surface area contributed by atoms with Crippen LogP contribution in [0.5, 0.6) is 5.75 Å². The van der Waals surface area contributed by atoms with Crippen LogP contribution >= 0.6 is 24.0 Å². The molecule has 21 heavy (non-hydrogen) atoms. The predicted octanol–water partition coefficient (Wildman–Crippen LogP) is 2.83. The third-order valence-corrected chi connectivity index (χ3v) is 4.25. The summed E-state index contributed by atoms with van der Waals surface area (Å²) in [5.41, 5.74) is 7.40. The molecule has 1 saturated heterocycles. The molecular weight excluding hydrogens is 377 g/mol. The van der Waals surface area contributed by atoms with Crippen molar-refractivity contribution in [1.82, 2.24) is 4.90 Å². The second kappa shape index (κ2) is 7.33. The third-order valence-electron chi connectivity index (χ3n) is 4.25. The molecule has 5 heteroatoms. The number of benzene rings is 1. The number of aliphatic imine (C=N–C) groups is 1. The number of piperidine rings is 1. The fourth-order valence-corrected chi connectivity index (χ4v) is 3.08. The number of guanidine groups is 1. The third kappa shape index (κ3) is 3.81. The molecule has 2 unspecified atom stereocenters. The van der Waals surface area contributed by atoms with Gasteiger partial charge in [-0.1, -0.05) is 25.1 Å². The average molecular weight is 401 g/mol. The van der Waals surface area contributed by atoms with Gasteiger partial charge in [0, 0.05) is 24.6 Å². The summed E-state index contributed by atoms with van der Waals surface area (Å²) >= 11 is 0. The Morgan fingerprint density at radius 2 is 2.24 bits per heavy atom. The quantitative estimate of drug-likeness (QED) is 0.471. The van der Waals surface area contributed by atoms with Crippen LogP contribution in [0.4, 0.5) is 0 Å². The van der Waals surface area contributed by atoms with E-state index in [1.807, 2.05) is 12.1 Å². The fraction of sp³-hybridized carbons (Fsp3) is 0.562. The Hall–Kier alpha value is -0.980. The highest BCUT2D eigenvalue weighted by Gasteiger charge is 2.24. The maximum Gasteiger partial charge on any atom is 0.191 e. The Kier molecular flexibility index (Phi) is 5.72. The van der Waals surface area contributed by atoms with E-state index in [2.05, 4.69) is 28.9 Å². The predicted molar refractivity (Wildman–Crippen MR) is 96.6 cm³/mol. The van der Waals surface area contributed by atoms with Crippen molar-refractivity contribution in [2.75, 3.05) is 26.2 Å². The zero-order chi connectivity index (χ0) is 13.9. The zero-order valence-corrected chi connectivity index (χ0v) is 14.8. The number of hydrogen-bond donors (Lipinski definition) is 1. The van der Waals surface area contributed by atoms with Crippen molar-refractivity contribution in [2.45, 2.75) is 25.7 Å². The molecule has 3 rings (SSSR count). The highest BCUT2D eigenvalue weighted by atomic mass is 127. The van der Waals surface area contributed by atoms with Gasteiger partial charge in [-0.05, 0) is 24.8 Å². The number of ether oxygens (including phenoxy) is 1. The number of likely N-dealkylation sites (tertiary alicyclic amines) is 1. The maximum absolute atomic E-state index is 6.14. The molecule has 0 amide bonds. The van der Waals surface area contributed by atoms with Crippen molar-refractivity contribution < 1.29 is 4.74 Å². The summed E-state index contributed by atoms with van der Waals surface area (Å²) in [7, 11) is 0. The van der Waals surface area contributed by atoms with Crippen LogP contribution in [0.2, 0.25) is 0 Å². The molecule has 0 aromatic heterocycles. The van der Waals surface area contributed by atoms with E-state index in [0.29, 0.717) is 30.9 Å². The topological polar surface area (TPSA) is 50.8 Å². The van der Waals surface area contributed by atoms with E-state index in [0.717, 1.165) is 18.8 Å². The summed E-state index contributed by atoms with van der Waals surface area (Å²) in [5, 5.41) is 0. The van der Waals surface area contributed by atoms with Gasteiger partial charge in [0.25, 0.3) is 0 Å². The van der Waals surface area contributed by atoms with Crippen molar-refractivity contribution in [3.63, 3.8) is 0 Å². The highest BCUT2D eigenvalue weighted by molar-refractivity contribution is 14.0. The van der Waals surface area contributed by atoms with E-state index in [4.69, 9.17) is 10.5 Å². The fourth-order valence-electron chi connectivity index (χ4n) is 3.08. The van der Waals surface area contributed by atoms with Gasteiger partial charge in [0.05, 0.1) is 13.2 Å². The molecule has 0 saturated carbocycles.